The number of carbonyl (C=O) groups is 1. The van der Waals surface area contributed by atoms with Crippen LogP contribution in [-0.2, 0) is 9.47 Å². The molecule has 3 rings (SSSR count). The standard InChI is InChI=1S/C16H21FN2O3/c17-13-7-12(8-18-9-13)16(20)19-15-3-6-22-10-14(15)11-1-4-21-5-2-11/h7-9,11,14-15H,1-6,10H2,(H,19,20)/t14-,15-/m1/s1. The predicted molar refractivity (Wildman–Crippen MR) is 77.9 cm³/mol. The van der Waals surface area contributed by atoms with Crippen molar-refractivity contribution in [1.29, 1.82) is 0 Å². The molecule has 0 aromatic carbocycles. The summed E-state index contributed by atoms with van der Waals surface area (Å²) in [4.78, 5) is 16.0. The van der Waals surface area contributed by atoms with Gasteiger partial charge in [-0.3, -0.25) is 9.78 Å². The lowest BCUT2D eigenvalue weighted by Crippen LogP contribution is -2.49. The van der Waals surface area contributed by atoms with Crippen LogP contribution in [0.15, 0.2) is 18.5 Å². The second kappa shape index (κ2) is 7.15. The van der Waals surface area contributed by atoms with Gasteiger partial charge >= 0.3 is 0 Å². The van der Waals surface area contributed by atoms with E-state index < -0.39 is 5.82 Å². The van der Waals surface area contributed by atoms with E-state index in [1.54, 1.807) is 0 Å². The average Bonchev–Trinajstić information content (AvgIpc) is 2.56. The van der Waals surface area contributed by atoms with Crippen LogP contribution in [0.5, 0.6) is 0 Å². The number of nitrogens with one attached hydrogen (secondary N) is 1. The fourth-order valence-electron chi connectivity index (χ4n) is 3.34. The number of pyridine rings is 1. The van der Waals surface area contributed by atoms with Crippen LogP contribution >= 0.6 is 0 Å². The summed E-state index contributed by atoms with van der Waals surface area (Å²) in [7, 11) is 0. The van der Waals surface area contributed by atoms with E-state index in [2.05, 4.69) is 10.3 Å². The van der Waals surface area contributed by atoms with Gasteiger partial charge < -0.3 is 14.8 Å². The Hall–Kier alpha value is -1.53. The molecular formula is C16H21FN2O3. The first-order valence-electron chi connectivity index (χ1n) is 7.81. The van der Waals surface area contributed by atoms with E-state index in [0.29, 0.717) is 25.0 Å². The number of amides is 1. The lowest BCUT2D eigenvalue weighted by molar-refractivity contribution is -0.0259. The zero-order valence-corrected chi connectivity index (χ0v) is 12.5. The van der Waals surface area contributed by atoms with Gasteiger partial charge in [0, 0.05) is 38.0 Å². The highest BCUT2D eigenvalue weighted by molar-refractivity contribution is 5.94. The Morgan fingerprint density at radius 1 is 1.18 bits per heavy atom. The van der Waals surface area contributed by atoms with Crippen molar-refractivity contribution < 1.29 is 18.7 Å². The number of nitrogens with zero attached hydrogens (tertiary/aromatic N) is 1. The Balaban J connectivity index is 1.67. The van der Waals surface area contributed by atoms with Crippen molar-refractivity contribution >= 4 is 5.91 Å². The fourth-order valence-corrected chi connectivity index (χ4v) is 3.34. The zero-order chi connectivity index (χ0) is 15.4. The van der Waals surface area contributed by atoms with Gasteiger partial charge in [-0.15, -0.1) is 0 Å². The molecule has 1 amide bonds. The molecule has 5 nitrogen and oxygen atoms in total. The van der Waals surface area contributed by atoms with E-state index in [0.717, 1.165) is 38.7 Å². The van der Waals surface area contributed by atoms with E-state index >= 15 is 0 Å². The number of aromatic nitrogens is 1. The molecule has 0 aliphatic carbocycles. The molecule has 22 heavy (non-hydrogen) atoms. The molecule has 6 heteroatoms. The normalized spacial score (nSPS) is 26.6. The minimum absolute atomic E-state index is 0.0626. The molecule has 0 unspecified atom stereocenters. The molecule has 2 saturated heterocycles. The average molecular weight is 308 g/mol. The summed E-state index contributed by atoms with van der Waals surface area (Å²) in [5.41, 5.74) is 0.261. The van der Waals surface area contributed by atoms with Gasteiger partial charge in [0.1, 0.15) is 5.82 Å². The summed E-state index contributed by atoms with van der Waals surface area (Å²) >= 11 is 0. The van der Waals surface area contributed by atoms with Gasteiger partial charge in [-0.25, -0.2) is 4.39 Å². The third-order valence-electron chi connectivity index (χ3n) is 4.56. The highest BCUT2D eigenvalue weighted by Gasteiger charge is 2.34. The smallest absolute Gasteiger partial charge is 0.253 e. The molecule has 1 aromatic rings. The minimum Gasteiger partial charge on any atom is -0.381 e. The van der Waals surface area contributed by atoms with Gasteiger partial charge in [-0.2, -0.15) is 0 Å². The molecule has 0 spiro atoms. The minimum atomic E-state index is -0.499. The van der Waals surface area contributed by atoms with Crippen molar-refractivity contribution in [3.05, 3.63) is 29.8 Å². The highest BCUT2D eigenvalue weighted by Crippen LogP contribution is 2.30. The molecule has 0 saturated carbocycles. The molecular weight excluding hydrogens is 287 g/mol. The number of rotatable bonds is 3. The van der Waals surface area contributed by atoms with Crippen LogP contribution in [0.4, 0.5) is 4.39 Å². The highest BCUT2D eigenvalue weighted by atomic mass is 19.1. The van der Waals surface area contributed by atoms with Gasteiger partial charge in [0.05, 0.1) is 18.4 Å². The Morgan fingerprint density at radius 3 is 2.73 bits per heavy atom. The Kier molecular flexibility index (Phi) is 5.00. The number of carbonyl (C=O) groups excluding carboxylic acids is 1. The van der Waals surface area contributed by atoms with E-state index in [1.807, 2.05) is 0 Å². The van der Waals surface area contributed by atoms with Gasteiger partial charge in [0.25, 0.3) is 5.91 Å². The van der Waals surface area contributed by atoms with Crippen LogP contribution in [0.25, 0.3) is 0 Å². The maximum atomic E-state index is 13.2. The number of hydrogen-bond acceptors (Lipinski definition) is 4. The van der Waals surface area contributed by atoms with Crippen LogP contribution in [0.1, 0.15) is 29.6 Å². The summed E-state index contributed by atoms with van der Waals surface area (Å²) in [5.74, 6) is 0.0321. The van der Waals surface area contributed by atoms with Gasteiger partial charge in [0.15, 0.2) is 0 Å². The van der Waals surface area contributed by atoms with E-state index in [-0.39, 0.29) is 17.5 Å². The van der Waals surface area contributed by atoms with Crippen molar-refractivity contribution in [2.45, 2.75) is 25.3 Å². The third-order valence-corrected chi connectivity index (χ3v) is 4.56. The van der Waals surface area contributed by atoms with Gasteiger partial charge in [-0.1, -0.05) is 0 Å². The Bertz CT molecular complexity index is 520. The number of halogens is 1. The SMILES string of the molecule is O=C(N[C@@H]1CCOC[C@@H]1C1CCOCC1)c1cncc(F)c1. The van der Waals surface area contributed by atoms with E-state index in [4.69, 9.17) is 9.47 Å². The maximum Gasteiger partial charge on any atom is 0.253 e. The van der Waals surface area contributed by atoms with Crippen molar-refractivity contribution in [1.82, 2.24) is 10.3 Å². The van der Waals surface area contributed by atoms with Gasteiger partial charge in [-0.05, 0) is 31.2 Å². The summed E-state index contributed by atoms with van der Waals surface area (Å²) in [6, 6.07) is 1.28. The first-order chi connectivity index (χ1) is 10.7. The molecule has 3 heterocycles. The predicted octanol–water partition coefficient (Wildman–Crippen LogP) is 1.78. The summed E-state index contributed by atoms with van der Waals surface area (Å²) < 4.78 is 24.2. The first-order valence-corrected chi connectivity index (χ1v) is 7.81. The largest absolute Gasteiger partial charge is 0.381 e. The summed E-state index contributed by atoms with van der Waals surface area (Å²) in [6.45, 7) is 2.86. The lowest BCUT2D eigenvalue weighted by atomic mass is 9.79. The third kappa shape index (κ3) is 3.62. The van der Waals surface area contributed by atoms with Crippen molar-refractivity contribution in [3.63, 3.8) is 0 Å². The van der Waals surface area contributed by atoms with Crippen LogP contribution < -0.4 is 5.32 Å². The molecule has 0 bridgehead atoms. The molecule has 2 atom stereocenters. The zero-order valence-electron chi connectivity index (χ0n) is 12.5. The lowest BCUT2D eigenvalue weighted by Gasteiger charge is -2.39. The molecule has 120 valence electrons. The Labute approximate surface area is 129 Å². The van der Waals surface area contributed by atoms with Crippen LogP contribution in [0.3, 0.4) is 0 Å². The van der Waals surface area contributed by atoms with Crippen molar-refractivity contribution in [2.75, 3.05) is 26.4 Å². The van der Waals surface area contributed by atoms with E-state index in [1.165, 1.54) is 12.3 Å². The summed E-state index contributed by atoms with van der Waals surface area (Å²) in [5, 5.41) is 3.04. The fraction of sp³-hybridized carbons (Fsp3) is 0.625. The topological polar surface area (TPSA) is 60.5 Å². The molecule has 1 N–H and O–H groups in total. The van der Waals surface area contributed by atoms with Crippen LogP contribution in [-0.4, -0.2) is 43.4 Å². The Morgan fingerprint density at radius 2 is 1.95 bits per heavy atom. The first kappa shape index (κ1) is 15.4. The molecule has 2 aliphatic heterocycles. The van der Waals surface area contributed by atoms with Crippen LogP contribution in [0.2, 0.25) is 0 Å². The quantitative estimate of drug-likeness (QED) is 0.925. The molecule has 0 radical (unpaired) electrons. The molecule has 1 aromatic heterocycles. The second-order valence-electron chi connectivity index (χ2n) is 5.95. The maximum absolute atomic E-state index is 13.2. The van der Waals surface area contributed by atoms with Crippen molar-refractivity contribution in [3.8, 4) is 0 Å². The van der Waals surface area contributed by atoms with E-state index in [9.17, 15) is 9.18 Å². The monoisotopic (exact) mass is 308 g/mol. The number of hydrogen-bond donors (Lipinski definition) is 1. The number of ether oxygens (including phenoxy) is 2. The second-order valence-corrected chi connectivity index (χ2v) is 5.95. The van der Waals surface area contributed by atoms with Crippen molar-refractivity contribution in [2.24, 2.45) is 11.8 Å². The molecule has 2 aliphatic rings. The summed E-state index contributed by atoms with van der Waals surface area (Å²) in [6.07, 6.45) is 5.28. The van der Waals surface area contributed by atoms with Crippen LogP contribution in [0, 0.1) is 17.7 Å². The van der Waals surface area contributed by atoms with Gasteiger partial charge in [0.2, 0.25) is 0 Å². The molecule has 2 fully saturated rings.